The number of hydrogen-bond acceptors (Lipinski definition) is 10. The summed E-state index contributed by atoms with van der Waals surface area (Å²) < 4.78 is 0. The Hall–Kier alpha value is -2.64. The lowest BCUT2D eigenvalue weighted by molar-refractivity contribution is -0.150. The van der Waals surface area contributed by atoms with Gasteiger partial charge in [0.2, 0.25) is 0 Å². The Morgan fingerprint density at radius 3 is 2.89 bits per heavy atom. The Bertz CT molecular complexity index is 882. The van der Waals surface area contributed by atoms with Gasteiger partial charge in [-0.2, -0.15) is 0 Å². The molecule has 0 spiro atoms. The third-order valence-corrected chi connectivity index (χ3v) is 6.06. The number of nitrogens with zero attached hydrogens (tertiary/aromatic N) is 3. The number of anilines is 1. The second-order valence-corrected chi connectivity index (χ2v) is 7.86. The molecule has 11 nitrogen and oxygen atoms in total. The molecule has 1 saturated heterocycles. The van der Waals surface area contributed by atoms with Gasteiger partial charge < -0.3 is 26.1 Å². The fourth-order valence-electron chi connectivity index (χ4n) is 2.74. The molecule has 150 valence electrons. The molecule has 3 heterocycles. The molecule has 2 amide bonds. The quantitative estimate of drug-likeness (QED) is 0.188. The number of aromatic nitrogens is 1. The minimum atomic E-state index is -1.18. The molecule has 0 aliphatic carbocycles. The fraction of sp³-hybridized carbons (Fsp3) is 0.400. The number of carboxylic acid groups (broad SMARTS) is 1. The Morgan fingerprint density at radius 2 is 2.29 bits per heavy atom. The fourth-order valence-corrected chi connectivity index (χ4v) is 4.58. The summed E-state index contributed by atoms with van der Waals surface area (Å²) in [6.45, 7) is 1.23. The first-order valence-corrected chi connectivity index (χ1v) is 9.98. The highest BCUT2D eigenvalue weighted by Gasteiger charge is 2.54. The standard InChI is InChI=1S/C15H17N5O6S2/c1-6-4-27-13-9(12(23)20(13)10(6)14(24)25)18-11(22)8(19-26-3-2-21)7-5-28-15(16)17-7/h5,9,13,21H,2-4H2,1H3,(H2,16,17)(H,18,22)(H,24,25)/t9?,13-/m1/s1. The van der Waals surface area contributed by atoms with E-state index in [0.29, 0.717) is 11.3 Å². The van der Waals surface area contributed by atoms with E-state index in [-0.39, 0.29) is 35.4 Å². The van der Waals surface area contributed by atoms with E-state index in [0.717, 1.165) is 11.3 Å². The van der Waals surface area contributed by atoms with E-state index in [1.54, 1.807) is 6.92 Å². The van der Waals surface area contributed by atoms with Gasteiger partial charge >= 0.3 is 5.97 Å². The van der Waals surface area contributed by atoms with Crippen molar-refractivity contribution in [2.24, 2.45) is 5.16 Å². The van der Waals surface area contributed by atoms with E-state index in [9.17, 15) is 19.5 Å². The number of aliphatic hydroxyl groups is 1. The molecule has 1 fully saturated rings. The number of β-lactam (4-membered cyclic amide) rings is 1. The number of carboxylic acids is 1. The Morgan fingerprint density at radius 1 is 1.54 bits per heavy atom. The van der Waals surface area contributed by atoms with Crippen LogP contribution in [-0.2, 0) is 19.2 Å². The van der Waals surface area contributed by atoms with Crippen molar-refractivity contribution in [2.75, 3.05) is 24.7 Å². The molecule has 0 saturated carbocycles. The van der Waals surface area contributed by atoms with Crippen LogP contribution in [-0.4, -0.2) is 74.0 Å². The van der Waals surface area contributed by atoms with Gasteiger partial charge in [0.25, 0.3) is 11.8 Å². The molecule has 0 radical (unpaired) electrons. The number of thioether (sulfide) groups is 1. The summed E-state index contributed by atoms with van der Waals surface area (Å²) in [5.41, 5.74) is 6.10. The number of amides is 2. The molecule has 1 aromatic rings. The smallest absolute Gasteiger partial charge is 0.352 e. The highest BCUT2D eigenvalue weighted by molar-refractivity contribution is 8.00. The van der Waals surface area contributed by atoms with E-state index in [2.05, 4.69) is 15.5 Å². The van der Waals surface area contributed by atoms with Gasteiger partial charge in [-0.3, -0.25) is 14.5 Å². The van der Waals surface area contributed by atoms with Crippen molar-refractivity contribution in [2.45, 2.75) is 18.3 Å². The monoisotopic (exact) mass is 427 g/mol. The average molecular weight is 427 g/mol. The van der Waals surface area contributed by atoms with Crippen LogP contribution in [0.2, 0.25) is 0 Å². The van der Waals surface area contributed by atoms with Crippen molar-refractivity contribution in [1.82, 2.24) is 15.2 Å². The summed E-state index contributed by atoms with van der Waals surface area (Å²) in [7, 11) is 0. The van der Waals surface area contributed by atoms with Crippen molar-refractivity contribution in [3.63, 3.8) is 0 Å². The summed E-state index contributed by atoms with van der Waals surface area (Å²) in [6.07, 6.45) is 0. The predicted octanol–water partition coefficient (Wildman–Crippen LogP) is -0.803. The summed E-state index contributed by atoms with van der Waals surface area (Å²) >= 11 is 2.46. The van der Waals surface area contributed by atoms with Gasteiger partial charge in [0.05, 0.1) is 6.61 Å². The van der Waals surface area contributed by atoms with Crippen molar-refractivity contribution in [1.29, 1.82) is 0 Å². The van der Waals surface area contributed by atoms with Crippen LogP contribution in [0, 0.1) is 0 Å². The van der Waals surface area contributed by atoms with E-state index in [4.69, 9.17) is 15.7 Å². The highest BCUT2D eigenvalue weighted by Crippen LogP contribution is 2.40. The van der Waals surface area contributed by atoms with Crippen molar-refractivity contribution in [3.05, 3.63) is 22.3 Å². The average Bonchev–Trinajstić information content (AvgIpc) is 3.08. The third kappa shape index (κ3) is 3.68. The molecule has 0 aromatic carbocycles. The van der Waals surface area contributed by atoms with Crippen LogP contribution < -0.4 is 11.1 Å². The first-order chi connectivity index (χ1) is 13.3. The molecule has 13 heteroatoms. The van der Waals surface area contributed by atoms with Gasteiger partial charge in [-0.1, -0.05) is 5.16 Å². The number of carbonyl (C=O) groups excluding carboxylic acids is 2. The normalized spacial score (nSPS) is 21.9. The van der Waals surface area contributed by atoms with Crippen LogP contribution in [0.5, 0.6) is 0 Å². The summed E-state index contributed by atoms with van der Waals surface area (Å²) in [5, 5.41) is 25.6. The zero-order valence-corrected chi connectivity index (χ0v) is 16.2. The maximum Gasteiger partial charge on any atom is 0.352 e. The number of rotatable bonds is 7. The second-order valence-electron chi connectivity index (χ2n) is 5.86. The van der Waals surface area contributed by atoms with E-state index >= 15 is 0 Å². The van der Waals surface area contributed by atoms with E-state index in [1.807, 2.05) is 0 Å². The van der Waals surface area contributed by atoms with Crippen molar-refractivity contribution < 1.29 is 29.4 Å². The summed E-state index contributed by atoms with van der Waals surface area (Å²) in [5.74, 6) is -1.98. The summed E-state index contributed by atoms with van der Waals surface area (Å²) in [6, 6.07) is -0.904. The van der Waals surface area contributed by atoms with Crippen LogP contribution in [0.4, 0.5) is 5.13 Å². The molecule has 28 heavy (non-hydrogen) atoms. The molecule has 1 unspecified atom stereocenters. The number of fused-ring (bicyclic) bond motifs is 1. The number of oxime groups is 1. The van der Waals surface area contributed by atoms with Gasteiger partial charge in [-0.25, -0.2) is 9.78 Å². The van der Waals surface area contributed by atoms with E-state index in [1.165, 1.54) is 22.0 Å². The lowest BCUT2D eigenvalue weighted by Crippen LogP contribution is -2.71. The molecule has 0 bridgehead atoms. The Balaban J connectivity index is 1.77. The number of nitrogen functional groups attached to an aromatic ring is 1. The van der Waals surface area contributed by atoms with Crippen LogP contribution in [0.1, 0.15) is 12.6 Å². The maximum atomic E-state index is 12.7. The number of carbonyl (C=O) groups is 3. The first kappa shape index (κ1) is 20.1. The van der Waals surface area contributed by atoms with Gasteiger partial charge in [-0.15, -0.1) is 23.1 Å². The zero-order valence-electron chi connectivity index (χ0n) is 14.6. The second kappa shape index (κ2) is 8.16. The predicted molar refractivity (Wildman–Crippen MR) is 101 cm³/mol. The number of hydrogen-bond donors (Lipinski definition) is 4. The SMILES string of the molecule is CC1=C(C(=O)O)N2C(=O)C(NC(=O)C(=NOCCO)c3csc(N)n3)[C@H]2SC1. The van der Waals surface area contributed by atoms with Crippen LogP contribution in [0.15, 0.2) is 21.8 Å². The van der Waals surface area contributed by atoms with Crippen molar-refractivity contribution in [3.8, 4) is 0 Å². The number of thiazole rings is 1. The Kier molecular flexibility index (Phi) is 5.86. The molecular weight excluding hydrogens is 410 g/mol. The van der Waals surface area contributed by atoms with Crippen molar-refractivity contribution >= 4 is 51.7 Å². The number of nitrogens with two attached hydrogens (primary N) is 1. The molecule has 3 rings (SSSR count). The van der Waals surface area contributed by atoms with Gasteiger partial charge in [-0.05, 0) is 12.5 Å². The molecule has 5 N–H and O–H groups in total. The number of aliphatic carboxylic acids is 1. The van der Waals surface area contributed by atoms with E-state index < -0.39 is 29.2 Å². The molecule has 2 atom stereocenters. The number of aliphatic hydroxyl groups excluding tert-OH is 1. The van der Waals surface area contributed by atoms with Gasteiger partial charge in [0, 0.05) is 11.1 Å². The number of nitrogens with one attached hydrogen (secondary N) is 1. The first-order valence-electron chi connectivity index (χ1n) is 8.06. The van der Waals surface area contributed by atoms with Crippen LogP contribution in [0.25, 0.3) is 0 Å². The van der Waals surface area contributed by atoms with Crippen LogP contribution in [0.3, 0.4) is 0 Å². The lowest BCUT2D eigenvalue weighted by atomic mass is 10.0. The minimum Gasteiger partial charge on any atom is -0.477 e. The third-order valence-electron chi connectivity index (χ3n) is 3.97. The molecule has 2 aliphatic rings. The lowest BCUT2D eigenvalue weighted by Gasteiger charge is -2.49. The zero-order chi connectivity index (χ0) is 20.4. The molecule has 2 aliphatic heterocycles. The minimum absolute atomic E-state index is 0.0494. The Labute approximate surface area is 167 Å². The maximum absolute atomic E-state index is 12.7. The van der Waals surface area contributed by atoms with Crippen LogP contribution >= 0.6 is 23.1 Å². The highest BCUT2D eigenvalue weighted by atomic mass is 32.2. The van der Waals surface area contributed by atoms with Gasteiger partial charge in [0.15, 0.2) is 10.8 Å². The summed E-state index contributed by atoms with van der Waals surface area (Å²) in [4.78, 5) is 46.6. The topological polar surface area (TPSA) is 167 Å². The largest absolute Gasteiger partial charge is 0.477 e. The molecular formula is C15H17N5O6S2. The molecule has 1 aromatic heterocycles. The van der Waals surface area contributed by atoms with Gasteiger partial charge in [0.1, 0.15) is 29.4 Å².